The van der Waals surface area contributed by atoms with E-state index in [1.807, 2.05) is 0 Å². The van der Waals surface area contributed by atoms with Gasteiger partial charge in [0, 0.05) is 5.56 Å². The highest BCUT2D eigenvalue weighted by Gasteiger charge is 2.14. The average Bonchev–Trinajstić information content (AvgIpc) is 2.74. The molecule has 1 heteroatoms. The predicted molar refractivity (Wildman–Crippen MR) is 69.0 cm³/mol. The van der Waals surface area contributed by atoms with Crippen LogP contribution in [0.2, 0.25) is 0 Å². The summed E-state index contributed by atoms with van der Waals surface area (Å²) in [6.45, 7) is 0. The van der Waals surface area contributed by atoms with Crippen LogP contribution in [0.1, 0.15) is 16.7 Å². The Balaban J connectivity index is 2.34. The first-order valence-electron chi connectivity index (χ1n) is 5.48. The Hall–Kier alpha value is -1.45. The van der Waals surface area contributed by atoms with E-state index >= 15 is 0 Å². The molecule has 0 saturated carbocycles. The minimum Gasteiger partial charge on any atom is -0.113 e. The molecule has 0 unspecified atom stereocenters. The molecule has 0 saturated heterocycles. The summed E-state index contributed by atoms with van der Waals surface area (Å²) in [5, 5.41) is 2.70. The van der Waals surface area contributed by atoms with Gasteiger partial charge in [-0.25, -0.2) is 0 Å². The topological polar surface area (TPSA) is 0 Å². The van der Waals surface area contributed by atoms with Crippen molar-refractivity contribution < 1.29 is 0 Å². The quantitative estimate of drug-likeness (QED) is 0.476. The van der Waals surface area contributed by atoms with Crippen molar-refractivity contribution in [3.63, 3.8) is 0 Å². The first-order chi connectivity index (χ1) is 7.90. The minimum absolute atomic E-state index is 0.392. The standard InChI is InChI=1S/C15H11Cl/c16-10-2-4-11-6-7-13-9-8-12-3-1-5-14(11)15(12)13/h1,3,5-7H,8-10H2. The number of alkyl halides is 1. The van der Waals surface area contributed by atoms with Crippen LogP contribution in [0.4, 0.5) is 0 Å². The normalized spacial score (nSPS) is 12.6. The van der Waals surface area contributed by atoms with Gasteiger partial charge in [-0.2, -0.15) is 0 Å². The van der Waals surface area contributed by atoms with Crippen LogP contribution >= 0.6 is 11.6 Å². The molecule has 0 heterocycles. The predicted octanol–water partition coefficient (Wildman–Crippen LogP) is 3.53. The lowest BCUT2D eigenvalue weighted by molar-refractivity contribution is 1.02. The molecular weight excluding hydrogens is 216 g/mol. The maximum atomic E-state index is 5.60. The fraction of sp³-hybridized carbons (Fsp3) is 0.200. The molecule has 2 aromatic rings. The lowest BCUT2D eigenvalue weighted by Gasteiger charge is -2.03. The molecule has 0 nitrogen and oxygen atoms in total. The van der Waals surface area contributed by atoms with Gasteiger partial charge in [0.2, 0.25) is 0 Å². The van der Waals surface area contributed by atoms with Crippen molar-refractivity contribution in [3.05, 3.63) is 47.0 Å². The number of hydrogen-bond donors (Lipinski definition) is 0. The summed E-state index contributed by atoms with van der Waals surface area (Å²) < 4.78 is 0. The van der Waals surface area contributed by atoms with Crippen LogP contribution in [-0.4, -0.2) is 5.88 Å². The molecule has 0 spiro atoms. The van der Waals surface area contributed by atoms with E-state index in [1.54, 1.807) is 0 Å². The minimum atomic E-state index is 0.392. The molecule has 0 amide bonds. The van der Waals surface area contributed by atoms with E-state index < -0.39 is 0 Å². The van der Waals surface area contributed by atoms with Crippen LogP contribution in [-0.2, 0) is 12.8 Å². The van der Waals surface area contributed by atoms with Gasteiger partial charge < -0.3 is 0 Å². The van der Waals surface area contributed by atoms with Crippen LogP contribution in [0.5, 0.6) is 0 Å². The van der Waals surface area contributed by atoms with Crippen molar-refractivity contribution in [2.75, 3.05) is 5.88 Å². The second-order valence-corrected chi connectivity index (χ2v) is 4.31. The Morgan fingerprint density at radius 2 is 1.88 bits per heavy atom. The van der Waals surface area contributed by atoms with Gasteiger partial charge in [0.25, 0.3) is 0 Å². The number of halogens is 1. The highest BCUT2D eigenvalue weighted by Crippen LogP contribution is 2.32. The smallest absolute Gasteiger partial charge is 0.0839 e. The van der Waals surface area contributed by atoms with Gasteiger partial charge in [0.1, 0.15) is 0 Å². The van der Waals surface area contributed by atoms with Gasteiger partial charge in [-0.05, 0) is 40.8 Å². The summed E-state index contributed by atoms with van der Waals surface area (Å²) >= 11 is 5.60. The Bertz CT molecular complexity index is 604. The molecule has 0 fully saturated rings. The molecule has 3 rings (SSSR count). The van der Waals surface area contributed by atoms with E-state index in [0.717, 1.165) is 5.56 Å². The molecular formula is C15H11Cl. The Labute approximate surface area is 100 Å². The maximum absolute atomic E-state index is 5.60. The summed E-state index contributed by atoms with van der Waals surface area (Å²) in [5.41, 5.74) is 4.02. The van der Waals surface area contributed by atoms with Crippen molar-refractivity contribution in [1.29, 1.82) is 0 Å². The molecule has 16 heavy (non-hydrogen) atoms. The SMILES string of the molecule is ClCC#Cc1ccc2c3c(cccc13)CC2. The molecule has 0 aliphatic heterocycles. The lowest BCUT2D eigenvalue weighted by atomic mass is 10.0. The second kappa shape index (κ2) is 3.85. The van der Waals surface area contributed by atoms with Crippen molar-refractivity contribution in [2.24, 2.45) is 0 Å². The zero-order valence-electron chi connectivity index (χ0n) is 8.89. The molecule has 1 aliphatic carbocycles. The number of hydrogen-bond acceptors (Lipinski definition) is 0. The van der Waals surface area contributed by atoms with E-state index in [2.05, 4.69) is 42.2 Å². The van der Waals surface area contributed by atoms with Gasteiger partial charge in [0.05, 0.1) is 5.88 Å². The Morgan fingerprint density at radius 1 is 1.06 bits per heavy atom. The fourth-order valence-electron chi connectivity index (χ4n) is 2.48. The molecule has 78 valence electrons. The van der Waals surface area contributed by atoms with E-state index in [-0.39, 0.29) is 0 Å². The van der Waals surface area contributed by atoms with Crippen molar-refractivity contribution in [2.45, 2.75) is 12.8 Å². The maximum Gasteiger partial charge on any atom is 0.0839 e. The van der Waals surface area contributed by atoms with Crippen LogP contribution in [0, 0.1) is 11.8 Å². The monoisotopic (exact) mass is 226 g/mol. The second-order valence-electron chi connectivity index (χ2n) is 4.05. The molecule has 2 aromatic carbocycles. The molecule has 0 aromatic heterocycles. The first-order valence-corrected chi connectivity index (χ1v) is 6.02. The molecule has 0 bridgehead atoms. The van der Waals surface area contributed by atoms with E-state index in [4.69, 9.17) is 11.6 Å². The van der Waals surface area contributed by atoms with Gasteiger partial charge in [-0.3, -0.25) is 0 Å². The van der Waals surface area contributed by atoms with E-state index in [0.29, 0.717) is 5.88 Å². The highest BCUT2D eigenvalue weighted by atomic mass is 35.5. The largest absolute Gasteiger partial charge is 0.113 e. The fourth-order valence-corrected chi connectivity index (χ4v) is 2.55. The van der Waals surface area contributed by atoms with Crippen LogP contribution in [0.3, 0.4) is 0 Å². The van der Waals surface area contributed by atoms with Gasteiger partial charge in [0.15, 0.2) is 0 Å². The van der Waals surface area contributed by atoms with Crippen molar-refractivity contribution in [3.8, 4) is 11.8 Å². The molecule has 0 atom stereocenters. The third-order valence-corrected chi connectivity index (χ3v) is 3.30. The van der Waals surface area contributed by atoms with Crippen LogP contribution in [0.25, 0.3) is 10.8 Å². The van der Waals surface area contributed by atoms with Gasteiger partial charge in [-0.15, -0.1) is 11.6 Å². The Kier molecular flexibility index (Phi) is 2.35. The molecule has 0 N–H and O–H groups in total. The van der Waals surface area contributed by atoms with Gasteiger partial charge in [-0.1, -0.05) is 36.1 Å². The highest BCUT2D eigenvalue weighted by molar-refractivity contribution is 6.19. The zero-order chi connectivity index (χ0) is 11.0. The third-order valence-electron chi connectivity index (χ3n) is 3.17. The first kappa shape index (κ1) is 9.75. The average molecular weight is 227 g/mol. The Morgan fingerprint density at radius 3 is 2.69 bits per heavy atom. The van der Waals surface area contributed by atoms with E-state index in [9.17, 15) is 0 Å². The van der Waals surface area contributed by atoms with Crippen molar-refractivity contribution in [1.82, 2.24) is 0 Å². The van der Waals surface area contributed by atoms with E-state index in [1.165, 1.54) is 34.7 Å². The summed E-state index contributed by atoms with van der Waals surface area (Å²) in [5.74, 6) is 6.46. The number of benzene rings is 2. The molecule has 0 radical (unpaired) electrons. The lowest BCUT2D eigenvalue weighted by Crippen LogP contribution is -1.83. The summed E-state index contributed by atoms with van der Waals surface area (Å²) in [4.78, 5) is 0. The number of aryl methyl sites for hydroxylation is 2. The summed E-state index contributed by atoms with van der Waals surface area (Å²) in [6, 6.07) is 10.8. The molecule has 1 aliphatic rings. The van der Waals surface area contributed by atoms with Crippen LogP contribution in [0.15, 0.2) is 30.3 Å². The third kappa shape index (κ3) is 1.40. The van der Waals surface area contributed by atoms with Crippen molar-refractivity contribution >= 4 is 22.4 Å². The summed E-state index contributed by atoms with van der Waals surface area (Å²) in [7, 11) is 0. The number of rotatable bonds is 0. The zero-order valence-corrected chi connectivity index (χ0v) is 9.64. The van der Waals surface area contributed by atoms with Gasteiger partial charge >= 0.3 is 0 Å². The summed E-state index contributed by atoms with van der Waals surface area (Å²) in [6.07, 6.45) is 2.33. The van der Waals surface area contributed by atoms with Crippen LogP contribution < -0.4 is 0 Å².